The van der Waals surface area contributed by atoms with Crippen LogP contribution in [0.4, 0.5) is 0 Å². The van der Waals surface area contributed by atoms with Crippen LogP contribution in [0, 0.1) is 4.77 Å². The molecule has 1 aromatic carbocycles. The summed E-state index contributed by atoms with van der Waals surface area (Å²) in [7, 11) is 0. The van der Waals surface area contributed by atoms with Crippen molar-refractivity contribution in [3.8, 4) is 5.75 Å². The summed E-state index contributed by atoms with van der Waals surface area (Å²) in [5.74, 6) is 0.747. The quantitative estimate of drug-likeness (QED) is 0.430. The maximum Gasteiger partial charge on any atom is 0.217 e. The Bertz CT molecular complexity index is 1020. The molecule has 10 nitrogen and oxygen atoms in total. The third-order valence-electron chi connectivity index (χ3n) is 5.51. The molecule has 0 bridgehead atoms. The van der Waals surface area contributed by atoms with Gasteiger partial charge < -0.3 is 30.1 Å². The minimum absolute atomic E-state index is 0.126. The number of aromatic nitrogens is 3. The number of hydrogen-bond donors (Lipinski definition) is 4. The lowest BCUT2D eigenvalue weighted by atomic mass is 9.96. The Balaban J connectivity index is 1.66. The summed E-state index contributed by atoms with van der Waals surface area (Å²) in [5.41, 5.74) is 0. The van der Waals surface area contributed by atoms with Crippen molar-refractivity contribution < 1.29 is 29.6 Å². The molecule has 1 saturated heterocycles. The molecule has 2 aliphatic rings. The molecule has 32 heavy (non-hydrogen) atoms. The van der Waals surface area contributed by atoms with Crippen LogP contribution < -0.4 is 10.1 Å². The highest BCUT2D eigenvalue weighted by atomic mass is 35.5. The number of amides is 1. The summed E-state index contributed by atoms with van der Waals surface area (Å²) in [6.45, 7) is 0.896. The molecule has 0 unspecified atom stereocenters. The molecule has 2 aromatic rings. The summed E-state index contributed by atoms with van der Waals surface area (Å²) in [5, 5.41) is 38.3. The van der Waals surface area contributed by atoms with Crippen molar-refractivity contribution in [1.82, 2.24) is 19.7 Å². The average molecular weight is 485 g/mol. The number of benzene rings is 1. The average Bonchev–Trinajstić information content (AvgIpc) is 3.54. The van der Waals surface area contributed by atoms with Gasteiger partial charge in [0.1, 0.15) is 36.7 Å². The highest BCUT2D eigenvalue weighted by Gasteiger charge is 2.47. The second-order valence-corrected chi connectivity index (χ2v) is 8.74. The van der Waals surface area contributed by atoms with E-state index >= 15 is 0 Å². The van der Waals surface area contributed by atoms with Crippen LogP contribution in [0.3, 0.4) is 0 Å². The topological polar surface area (TPSA) is 131 Å². The molecule has 0 spiro atoms. The number of nitrogens with zero attached hydrogens (tertiary/aromatic N) is 3. The Hall–Kier alpha value is -2.02. The van der Waals surface area contributed by atoms with E-state index in [9.17, 15) is 20.1 Å². The number of hydrogen-bond acceptors (Lipinski definition) is 8. The van der Waals surface area contributed by atoms with E-state index in [4.69, 9.17) is 33.3 Å². The predicted octanol–water partition coefficient (Wildman–Crippen LogP) is 1.10. The van der Waals surface area contributed by atoms with E-state index in [1.165, 1.54) is 11.6 Å². The van der Waals surface area contributed by atoms with Crippen LogP contribution in [-0.4, -0.2) is 66.5 Å². The Morgan fingerprint density at radius 1 is 1.31 bits per heavy atom. The number of rotatable bonds is 7. The second-order valence-electron chi connectivity index (χ2n) is 7.94. The van der Waals surface area contributed by atoms with Crippen LogP contribution >= 0.6 is 23.8 Å². The number of nitrogens with one attached hydrogen (secondary N) is 1. The summed E-state index contributed by atoms with van der Waals surface area (Å²) >= 11 is 11.6. The van der Waals surface area contributed by atoms with Gasteiger partial charge in [-0.1, -0.05) is 11.6 Å². The lowest BCUT2D eigenvalue weighted by molar-refractivity contribution is -0.219. The zero-order valence-electron chi connectivity index (χ0n) is 17.3. The van der Waals surface area contributed by atoms with Gasteiger partial charge in [-0.2, -0.15) is 5.10 Å². The van der Waals surface area contributed by atoms with E-state index in [-0.39, 0.29) is 12.6 Å². The fourth-order valence-corrected chi connectivity index (χ4v) is 4.30. The van der Waals surface area contributed by atoms with Crippen molar-refractivity contribution in [2.24, 2.45) is 0 Å². The monoisotopic (exact) mass is 484 g/mol. The lowest BCUT2D eigenvalue weighted by Crippen LogP contribution is -2.62. The molecule has 1 aliphatic heterocycles. The molecule has 2 fully saturated rings. The number of ether oxygens (including phenoxy) is 2. The van der Waals surface area contributed by atoms with Gasteiger partial charge in [-0.05, 0) is 49.3 Å². The summed E-state index contributed by atoms with van der Waals surface area (Å²) < 4.78 is 15.3. The predicted molar refractivity (Wildman–Crippen MR) is 116 cm³/mol. The van der Waals surface area contributed by atoms with Crippen LogP contribution in [0.2, 0.25) is 5.02 Å². The standard InChI is InChI=1S/C20H25ClN4O6S/c1-10(27)22-16-18(29)17(28)14(8-26)31-19(16)25-20(32)24(12-4-5-12)15(23-25)9-30-13-6-2-11(21)3-7-13/h2-3,6-7,12,14,16-19,26,28-29H,4-5,8-9H2,1H3,(H,22,27)/t14-,16-,17+,18+,19-/m0/s1. The van der Waals surface area contributed by atoms with Gasteiger partial charge in [-0.25, -0.2) is 4.68 Å². The molecule has 1 saturated carbocycles. The third-order valence-corrected chi connectivity index (χ3v) is 6.14. The van der Waals surface area contributed by atoms with Crippen molar-refractivity contribution in [2.75, 3.05) is 6.61 Å². The Kier molecular flexibility index (Phi) is 6.84. The van der Waals surface area contributed by atoms with Gasteiger partial charge in [-0.15, -0.1) is 0 Å². The number of halogens is 1. The molecule has 1 amide bonds. The first-order valence-corrected chi connectivity index (χ1v) is 11.1. The summed E-state index contributed by atoms with van der Waals surface area (Å²) in [6.07, 6.45) is -3.00. The van der Waals surface area contributed by atoms with Crippen LogP contribution in [-0.2, 0) is 16.1 Å². The molecule has 2 heterocycles. The first kappa shape index (κ1) is 23.1. The molecular formula is C20H25ClN4O6S. The van der Waals surface area contributed by atoms with Crippen molar-refractivity contribution >= 4 is 29.7 Å². The third kappa shape index (κ3) is 4.68. The first-order chi connectivity index (χ1) is 15.3. The van der Waals surface area contributed by atoms with Gasteiger partial charge in [0, 0.05) is 18.0 Å². The van der Waals surface area contributed by atoms with Crippen molar-refractivity contribution in [3.05, 3.63) is 39.9 Å². The molecule has 0 radical (unpaired) electrons. The molecule has 174 valence electrons. The zero-order chi connectivity index (χ0) is 23.0. The molecule has 5 atom stereocenters. The number of carbonyl (C=O) groups is 1. The largest absolute Gasteiger partial charge is 0.486 e. The minimum atomic E-state index is -1.39. The van der Waals surface area contributed by atoms with Gasteiger partial charge in [0.2, 0.25) is 10.7 Å². The van der Waals surface area contributed by atoms with Gasteiger partial charge in [0.25, 0.3) is 0 Å². The maximum atomic E-state index is 11.8. The number of carbonyl (C=O) groups excluding carboxylic acids is 1. The Morgan fingerprint density at radius 3 is 2.59 bits per heavy atom. The highest BCUT2D eigenvalue weighted by Crippen LogP contribution is 2.38. The SMILES string of the molecule is CC(=O)N[C@H]1[C@@H](O)[C@H](O)[C@H](CO)O[C@@H]1n1nc(COc2ccc(Cl)cc2)n(C2CC2)c1=S. The smallest absolute Gasteiger partial charge is 0.217 e. The fourth-order valence-electron chi connectivity index (χ4n) is 3.78. The highest BCUT2D eigenvalue weighted by molar-refractivity contribution is 7.71. The fraction of sp³-hybridized carbons (Fsp3) is 0.550. The number of aliphatic hydroxyl groups is 3. The normalized spacial score (nSPS) is 27.8. The first-order valence-electron chi connectivity index (χ1n) is 10.3. The van der Waals surface area contributed by atoms with E-state index in [0.717, 1.165) is 12.8 Å². The lowest BCUT2D eigenvalue weighted by Gasteiger charge is -2.42. The van der Waals surface area contributed by atoms with Gasteiger partial charge in [0.15, 0.2) is 12.1 Å². The van der Waals surface area contributed by atoms with E-state index in [0.29, 0.717) is 21.4 Å². The van der Waals surface area contributed by atoms with Gasteiger partial charge in [0.05, 0.1) is 6.61 Å². The van der Waals surface area contributed by atoms with Gasteiger partial charge >= 0.3 is 0 Å². The van der Waals surface area contributed by atoms with Crippen LogP contribution in [0.5, 0.6) is 5.75 Å². The van der Waals surface area contributed by atoms with Crippen molar-refractivity contribution in [2.45, 2.75) is 63.0 Å². The molecule has 1 aliphatic carbocycles. The van der Waals surface area contributed by atoms with Gasteiger partial charge in [-0.3, -0.25) is 9.36 Å². The van der Waals surface area contributed by atoms with Crippen molar-refractivity contribution in [1.29, 1.82) is 0 Å². The molecular weight excluding hydrogens is 460 g/mol. The maximum absolute atomic E-state index is 11.8. The number of aliphatic hydroxyl groups excluding tert-OH is 3. The van der Waals surface area contributed by atoms with E-state index in [1.807, 2.05) is 4.57 Å². The molecule has 4 N–H and O–H groups in total. The Morgan fingerprint density at radius 2 is 2.00 bits per heavy atom. The molecule has 1 aromatic heterocycles. The van der Waals surface area contributed by atoms with Crippen LogP contribution in [0.1, 0.15) is 37.9 Å². The Labute approximate surface area is 194 Å². The van der Waals surface area contributed by atoms with E-state index < -0.39 is 43.1 Å². The van der Waals surface area contributed by atoms with E-state index in [2.05, 4.69) is 10.4 Å². The van der Waals surface area contributed by atoms with Crippen LogP contribution in [0.15, 0.2) is 24.3 Å². The van der Waals surface area contributed by atoms with Crippen LogP contribution in [0.25, 0.3) is 0 Å². The summed E-state index contributed by atoms with van der Waals surface area (Å²) in [4.78, 5) is 11.8. The second kappa shape index (κ2) is 9.46. The van der Waals surface area contributed by atoms with Crippen molar-refractivity contribution in [3.63, 3.8) is 0 Å². The minimum Gasteiger partial charge on any atom is -0.486 e. The zero-order valence-corrected chi connectivity index (χ0v) is 18.9. The molecule has 4 rings (SSSR count). The van der Waals surface area contributed by atoms with E-state index in [1.54, 1.807) is 24.3 Å². The summed E-state index contributed by atoms with van der Waals surface area (Å²) in [6, 6.07) is 6.08. The molecule has 12 heteroatoms.